The Labute approximate surface area is 120 Å². The molecule has 1 N–H and O–H groups in total. The molecule has 1 aliphatic rings. The minimum Gasteiger partial charge on any atom is -0.475 e. The van der Waals surface area contributed by atoms with Crippen molar-refractivity contribution in [3.8, 4) is 0 Å². The lowest BCUT2D eigenvalue weighted by atomic mass is 9.97. The van der Waals surface area contributed by atoms with Gasteiger partial charge in [-0.15, -0.1) is 0 Å². The lowest BCUT2D eigenvalue weighted by Crippen LogP contribution is -2.35. The summed E-state index contributed by atoms with van der Waals surface area (Å²) in [5, 5.41) is 8.99. The summed E-state index contributed by atoms with van der Waals surface area (Å²) in [4.78, 5) is 15.5. The van der Waals surface area contributed by atoms with Crippen molar-refractivity contribution in [1.82, 2.24) is 9.80 Å². The van der Waals surface area contributed by atoms with Crippen LogP contribution in [0.2, 0.25) is 0 Å². The first-order valence-corrected chi connectivity index (χ1v) is 7.15. The van der Waals surface area contributed by atoms with E-state index in [2.05, 4.69) is 23.9 Å². The highest BCUT2D eigenvalue weighted by molar-refractivity contribution is 5.86. The third-order valence-electron chi connectivity index (χ3n) is 4.00. The summed E-state index contributed by atoms with van der Waals surface area (Å²) in [5.41, 5.74) is 0.695. The highest BCUT2D eigenvalue weighted by atomic mass is 16.4. The number of furan rings is 1. The number of aromatic carboxylic acids is 1. The molecular weight excluding hydrogens is 256 g/mol. The summed E-state index contributed by atoms with van der Waals surface area (Å²) in [6, 6.07) is 1.83. The van der Waals surface area contributed by atoms with Crippen LogP contribution in [0, 0.1) is 12.8 Å². The Bertz CT molecular complexity index is 462. The van der Waals surface area contributed by atoms with Crippen LogP contribution in [0.1, 0.15) is 34.7 Å². The molecule has 1 fully saturated rings. The van der Waals surface area contributed by atoms with Crippen LogP contribution < -0.4 is 0 Å². The van der Waals surface area contributed by atoms with Crippen molar-refractivity contribution in [2.24, 2.45) is 5.92 Å². The molecule has 0 aromatic carbocycles. The average Bonchev–Trinajstić information content (AvgIpc) is 2.73. The summed E-state index contributed by atoms with van der Waals surface area (Å²) in [6.45, 7) is 5.81. The lowest BCUT2D eigenvalue weighted by molar-refractivity contribution is 0.0657. The van der Waals surface area contributed by atoms with Crippen molar-refractivity contribution >= 4 is 5.97 Å². The van der Waals surface area contributed by atoms with Gasteiger partial charge in [0, 0.05) is 12.1 Å². The molecule has 0 bridgehead atoms. The van der Waals surface area contributed by atoms with Crippen LogP contribution >= 0.6 is 0 Å². The molecule has 5 nitrogen and oxygen atoms in total. The van der Waals surface area contributed by atoms with E-state index < -0.39 is 5.97 Å². The second kappa shape index (κ2) is 6.41. The number of aryl methyl sites for hydroxylation is 1. The van der Waals surface area contributed by atoms with Crippen molar-refractivity contribution in [3.05, 3.63) is 23.2 Å². The third kappa shape index (κ3) is 3.84. The Morgan fingerprint density at radius 2 is 2.15 bits per heavy atom. The van der Waals surface area contributed by atoms with E-state index in [4.69, 9.17) is 9.52 Å². The summed E-state index contributed by atoms with van der Waals surface area (Å²) in [5.74, 6) is 0.529. The van der Waals surface area contributed by atoms with Crippen LogP contribution in [-0.2, 0) is 6.54 Å². The van der Waals surface area contributed by atoms with E-state index in [0.29, 0.717) is 12.1 Å². The van der Waals surface area contributed by atoms with Crippen LogP contribution in [0.25, 0.3) is 0 Å². The third-order valence-corrected chi connectivity index (χ3v) is 4.00. The maximum absolute atomic E-state index is 11.0. The number of piperidine rings is 1. The minimum atomic E-state index is -0.994. The van der Waals surface area contributed by atoms with Crippen molar-refractivity contribution in [2.45, 2.75) is 26.3 Å². The van der Waals surface area contributed by atoms with E-state index in [0.717, 1.165) is 18.2 Å². The van der Waals surface area contributed by atoms with Gasteiger partial charge in [0.25, 0.3) is 0 Å². The zero-order valence-electron chi connectivity index (χ0n) is 12.6. The molecule has 20 heavy (non-hydrogen) atoms. The van der Waals surface area contributed by atoms with E-state index in [1.165, 1.54) is 25.9 Å². The van der Waals surface area contributed by atoms with Crippen molar-refractivity contribution < 1.29 is 14.3 Å². The quantitative estimate of drug-likeness (QED) is 0.894. The van der Waals surface area contributed by atoms with Gasteiger partial charge in [0.05, 0.1) is 6.54 Å². The Balaban J connectivity index is 1.86. The lowest BCUT2D eigenvalue weighted by Gasteiger charge is -2.31. The maximum Gasteiger partial charge on any atom is 0.372 e. The SMILES string of the molecule is Cc1cc(CN(C)CC2CCN(C)CC2)oc1C(=O)O. The van der Waals surface area contributed by atoms with Crippen LogP contribution in [0.4, 0.5) is 0 Å². The van der Waals surface area contributed by atoms with Crippen molar-refractivity contribution in [3.63, 3.8) is 0 Å². The van der Waals surface area contributed by atoms with Crippen LogP contribution in [0.3, 0.4) is 0 Å². The first-order chi connectivity index (χ1) is 9.45. The smallest absolute Gasteiger partial charge is 0.372 e. The molecule has 0 saturated carbocycles. The number of nitrogens with zero attached hydrogens (tertiary/aromatic N) is 2. The zero-order valence-corrected chi connectivity index (χ0v) is 12.6. The summed E-state index contributed by atoms with van der Waals surface area (Å²) in [6.07, 6.45) is 2.47. The molecule has 0 radical (unpaired) electrons. The summed E-state index contributed by atoms with van der Waals surface area (Å²) < 4.78 is 5.40. The van der Waals surface area contributed by atoms with Gasteiger partial charge in [-0.25, -0.2) is 4.79 Å². The standard InChI is InChI=1S/C15H24N2O3/c1-11-8-13(20-14(11)15(18)19)10-17(3)9-12-4-6-16(2)7-5-12/h8,12H,4-7,9-10H2,1-3H3,(H,18,19). The minimum absolute atomic E-state index is 0.0627. The van der Waals surface area contributed by atoms with Gasteiger partial charge >= 0.3 is 5.97 Å². The number of carboxylic acid groups (broad SMARTS) is 1. The highest BCUT2D eigenvalue weighted by Gasteiger charge is 2.20. The van der Waals surface area contributed by atoms with Gasteiger partial charge < -0.3 is 14.4 Å². The second-order valence-electron chi connectivity index (χ2n) is 5.97. The molecule has 2 rings (SSSR count). The van der Waals surface area contributed by atoms with Gasteiger partial charge in [0.2, 0.25) is 5.76 Å². The van der Waals surface area contributed by atoms with E-state index in [1.54, 1.807) is 6.92 Å². The predicted octanol–water partition coefficient (Wildman–Crippen LogP) is 2.06. The molecule has 112 valence electrons. The Hall–Kier alpha value is -1.33. The molecule has 0 amide bonds. The Morgan fingerprint density at radius 3 is 2.70 bits per heavy atom. The fourth-order valence-electron chi connectivity index (χ4n) is 2.85. The molecule has 1 saturated heterocycles. The number of hydrogen-bond donors (Lipinski definition) is 1. The summed E-state index contributed by atoms with van der Waals surface area (Å²) in [7, 11) is 4.23. The van der Waals surface area contributed by atoms with Gasteiger partial charge in [-0.05, 0) is 58.9 Å². The van der Waals surface area contributed by atoms with E-state index in [-0.39, 0.29) is 5.76 Å². The molecule has 1 aliphatic heterocycles. The summed E-state index contributed by atoms with van der Waals surface area (Å²) >= 11 is 0. The maximum atomic E-state index is 11.0. The van der Waals surface area contributed by atoms with Crippen LogP contribution in [0.15, 0.2) is 10.5 Å². The van der Waals surface area contributed by atoms with E-state index >= 15 is 0 Å². The number of carboxylic acids is 1. The molecule has 0 unspecified atom stereocenters. The molecule has 1 aromatic heterocycles. The van der Waals surface area contributed by atoms with Gasteiger partial charge in [-0.2, -0.15) is 0 Å². The molecule has 1 aromatic rings. The predicted molar refractivity (Wildman–Crippen MR) is 77.0 cm³/mol. The fraction of sp³-hybridized carbons (Fsp3) is 0.667. The van der Waals surface area contributed by atoms with E-state index in [9.17, 15) is 4.79 Å². The molecule has 5 heteroatoms. The molecule has 2 heterocycles. The largest absolute Gasteiger partial charge is 0.475 e. The van der Waals surface area contributed by atoms with Crippen molar-refractivity contribution in [1.29, 1.82) is 0 Å². The number of likely N-dealkylation sites (tertiary alicyclic amines) is 1. The van der Waals surface area contributed by atoms with Crippen LogP contribution in [0.5, 0.6) is 0 Å². The monoisotopic (exact) mass is 280 g/mol. The number of hydrogen-bond acceptors (Lipinski definition) is 4. The van der Waals surface area contributed by atoms with Crippen molar-refractivity contribution in [2.75, 3.05) is 33.7 Å². The zero-order chi connectivity index (χ0) is 14.7. The van der Waals surface area contributed by atoms with E-state index in [1.807, 2.05) is 6.07 Å². The second-order valence-corrected chi connectivity index (χ2v) is 5.97. The molecular formula is C15H24N2O3. The first-order valence-electron chi connectivity index (χ1n) is 7.15. The molecule has 0 aliphatic carbocycles. The van der Waals surface area contributed by atoms with Gasteiger partial charge in [0.15, 0.2) is 0 Å². The molecule has 0 atom stereocenters. The Kier molecular flexibility index (Phi) is 4.83. The topological polar surface area (TPSA) is 56.9 Å². The van der Waals surface area contributed by atoms with Crippen LogP contribution in [-0.4, -0.2) is 54.6 Å². The van der Waals surface area contributed by atoms with Gasteiger partial charge in [-0.1, -0.05) is 0 Å². The van der Waals surface area contributed by atoms with Gasteiger partial charge in [0.1, 0.15) is 5.76 Å². The average molecular weight is 280 g/mol. The normalized spacial score (nSPS) is 17.8. The number of carbonyl (C=O) groups is 1. The number of rotatable bonds is 5. The first kappa shape index (κ1) is 15.1. The Morgan fingerprint density at radius 1 is 1.50 bits per heavy atom. The van der Waals surface area contributed by atoms with Gasteiger partial charge in [-0.3, -0.25) is 4.90 Å². The fourth-order valence-corrected chi connectivity index (χ4v) is 2.85. The highest BCUT2D eigenvalue weighted by Crippen LogP contribution is 2.19. The molecule has 0 spiro atoms.